The Bertz CT molecular complexity index is 656. The van der Waals surface area contributed by atoms with Crippen LogP contribution in [0.1, 0.15) is 22.5 Å². The van der Waals surface area contributed by atoms with Crippen molar-refractivity contribution in [2.24, 2.45) is 5.92 Å². The van der Waals surface area contributed by atoms with Crippen LogP contribution in [0.5, 0.6) is 0 Å². The SMILES string of the molecule is Cc1cc(C(=O)N2CCC(CBr)C2)c2ccccc2n1. The number of amides is 1. The number of benzene rings is 1. The fourth-order valence-corrected chi connectivity index (χ4v) is 3.33. The van der Waals surface area contributed by atoms with Gasteiger partial charge in [-0.15, -0.1) is 0 Å². The average Bonchev–Trinajstić information content (AvgIpc) is 2.94. The molecule has 0 bridgehead atoms. The molecule has 1 fully saturated rings. The molecule has 4 heteroatoms. The predicted octanol–water partition coefficient (Wildman–Crippen LogP) is 3.40. The van der Waals surface area contributed by atoms with Gasteiger partial charge >= 0.3 is 0 Å². The molecule has 3 rings (SSSR count). The van der Waals surface area contributed by atoms with Gasteiger partial charge in [-0.05, 0) is 31.4 Å². The van der Waals surface area contributed by atoms with Gasteiger partial charge in [-0.2, -0.15) is 0 Å². The van der Waals surface area contributed by atoms with Crippen LogP contribution >= 0.6 is 15.9 Å². The number of carbonyl (C=O) groups excluding carboxylic acids is 1. The summed E-state index contributed by atoms with van der Waals surface area (Å²) < 4.78 is 0. The van der Waals surface area contributed by atoms with Gasteiger partial charge in [0.1, 0.15) is 0 Å². The van der Waals surface area contributed by atoms with Gasteiger partial charge in [0.25, 0.3) is 5.91 Å². The Morgan fingerprint density at radius 2 is 2.25 bits per heavy atom. The number of nitrogens with zero attached hydrogens (tertiary/aromatic N) is 2. The lowest BCUT2D eigenvalue weighted by Crippen LogP contribution is -2.29. The maximum atomic E-state index is 12.8. The van der Waals surface area contributed by atoms with Crippen LogP contribution < -0.4 is 0 Å². The van der Waals surface area contributed by atoms with E-state index in [2.05, 4.69) is 20.9 Å². The number of alkyl halides is 1. The van der Waals surface area contributed by atoms with Gasteiger partial charge in [0.2, 0.25) is 0 Å². The second kappa shape index (κ2) is 5.52. The van der Waals surface area contributed by atoms with Crippen LogP contribution in [0.3, 0.4) is 0 Å². The van der Waals surface area contributed by atoms with Crippen molar-refractivity contribution in [3.05, 3.63) is 41.6 Å². The van der Waals surface area contributed by atoms with E-state index in [9.17, 15) is 4.79 Å². The van der Waals surface area contributed by atoms with Crippen LogP contribution in [0.4, 0.5) is 0 Å². The smallest absolute Gasteiger partial charge is 0.254 e. The Hall–Kier alpha value is -1.42. The minimum absolute atomic E-state index is 0.134. The van der Waals surface area contributed by atoms with Crippen molar-refractivity contribution in [1.29, 1.82) is 0 Å². The lowest BCUT2D eigenvalue weighted by Gasteiger charge is -2.17. The highest BCUT2D eigenvalue weighted by atomic mass is 79.9. The number of carbonyl (C=O) groups is 1. The summed E-state index contributed by atoms with van der Waals surface area (Å²) in [5, 5.41) is 1.91. The summed E-state index contributed by atoms with van der Waals surface area (Å²) in [6.07, 6.45) is 1.08. The molecular weight excluding hydrogens is 316 g/mol. The first-order valence-corrected chi connectivity index (χ1v) is 8.03. The Morgan fingerprint density at radius 1 is 1.45 bits per heavy atom. The van der Waals surface area contributed by atoms with Gasteiger partial charge in [-0.3, -0.25) is 9.78 Å². The first-order valence-electron chi connectivity index (χ1n) is 6.90. The summed E-state index contributed by atoms with van der Waals surface area (Å²) >= 11 is 3.51. The number of hydrogen-bond acceptors (Lipinski definition) is 2. The predicted molar refractivity (Wildman–Crippen MR) is 84.3 cm³/mol. The van der Waals surface area contributed by atoms with Gasteiger partial charge < -0.3 is 4.90 Å². The number of halogens is 1. The molecule has 0 aliphatic carbocycles. The fraction of sp³-hybridized carbons (Fsp3) is 0.375. The number of fused-ring (bicyclic) bond motifs is 1. The molecule has 0 radical (unpaired) electrons. The average molecular weight is 333 g/mol. The van der Waals surface area contributed by atoms with Gasteiger partial charge in [0.05, 0.1) is 11.1 Å². The third kappa shape index (κ3) is 2.44. The van der Waals surface area contributed by atoms with E-state index in [-0.39, 0.29) is 5.91 Å². The third-order valence-electron chi connectivity index (χ3n) is 3.87. The number of hydrogen-bond donors (Lipinski definition) is 0. The lowest BCUT2D eigenvalue weighted by atomic mass is 10.1. The van der Waals surface area contributed by atoms with Crippen molar-refractivity contribution < 1.29 is 4.79 Å². The van der Waals surface area contributed by atoms with Crippen LogP contribution in [0.2, 0.25) is 0 Å². The lowest BCUT2D eigenvalue weighted by molar-refractivity contribution is 0.0790. The molecule has 1 aliphatic heterocycles. The van der Waals surface area contributed by atoms with Crippen molar-refractivity contribution >= 4 is 32.7 Å². The van der Waals surface area contributed by atoms with Crippen LogP contribution in [0.15, 0.2) is 30.3 Å². The van der Waals surface area contributed by atoms with E-state index in [1.807, 2.05) is 42.2 Å². The molecule has 0 spiro atoms. The van der Waals surface area contributed by atoms with Gasteiger partial charge in [-0.25, -0.2) is 0 Å². The Labute approximate surface area is 127 Å². The standard InChI is InChI=1S/C16H17BrN2O/c1-11-8-14(13-4-2-3-5-15(13)18-11)16(20)19-7-6-12(9-17)10-19/h2-5,8,12H,6-7,9-10H2,1H3. The molecule has 104 valence electrons. The van der Waals surface area contributed by atoms with E-state index in [0.29, 0.717) is 5.92 Å². The molecule has 3 nitrogen and oxygen atoms in total. The van der Waals surface area contributed by atoms with Gasteiger partial charge in [-0.1, -0.05) is 34.1 Å². The van der Waals surface area contributed by atoms with Crippen molar-refractivity contribution in [2.75, 3.05) is 18.4 Å². The summed E-state index contributed by atoms with van der Waals surface area (Å²) in [6.45, 7) is 3.64. The maximum Gasteiger partial charge on any atom is 0.254 e. The topological polar surface area (TPSA) is 33.2 Å². The summed E-state index contributed by atoms with van der Waals surface area (Å²) in [4.78, 5) is 19.2. The molecule has 1 saturated heterocycles. The summed E-state index contributed by atoms with van der Waals surface area (Å²) in [5.74, 6) is 0.711. The molecule has 2 heterocycles. The van der Waals surface area contributed by atoms with Crippen LogP contribution in [-0.4, -0.2) is 34.2 Å². The molecule has 1 aromatic heterocycles. The fourth-order valence-electron chi connectivity index (χ4n) is 2.80. The monoisotopic (exact) mass is 332 g/mol. The molecule has 1 unspecified atom stereocenters. The number of likely N-dealkylation sites (tertiary alicyclic amines) is 1. The van der Waals surface area contributed by atoms with E-state index < -0.39 is 0 Å². The highest BCUT2D eigenvalue weighted by Gasteiger charge is 2.27. The third-order valence-corrected chi connectivity index (χ3v) is 4.78. The number of para-hydroxylation sites is 1. The Balaban J connectivity index is 1.99. The van der Waals surface area contributed by atoms with E-state index in [1.54, 1.807) is 0 Å². The zero-order chi connectivity index (χ0) is 14.1. The summed E-state index contributed by atoms with van der Waals surface area (Å²) in [7, 11) is 0. The first-order chi connectivity index (χ1) is 9.69. The quantitative estimate of drug-likeness (QED) is 0.789. The van der Waals surface area contributed by atoms with Crippen molar-refractivity contribution in [3.8, 4) is 0 Å². The molecule has 0 N–H and O–H groups in total. The highest BCUT2D eigenvalue weighted by molar-refractivity contribution is 9.09. The van der Waals surface area contributed by atoms with Gasteiger partial charge in [0.15, 0.2) is 0 Å². The van der Waals surface area contributed by atoms with E-state index >= 15 is 0 Å². The largest absolute Gasteiger partial charge is 0.338 e. The molecule has 1 aliphatic rings. The minimum atomic E-state index is 0.134. The number of pyridine rings is 1. The summed E-state index contributed by atoms with van der Waals surface area (Å²) in [6, 6.07) is 9.77. The van der Waals surface area contributed by atoms with E-state index in [1.165, 1.54) is 0 Å². The van der Waals surface area contributed by atoms with Crippen molar-refractivity contribution in [1.82, 2.24) is 9.88 Å². The first kappa shape index (κ1) is 13.6. The molecule has 1 atom stereocenters. The minimum Gasteiger partial charge on any atom is -0.338 e. The zero-order valence-corrected chi connectivity index (χ0v) is 13.1. The molecule has 0 saturated carbocycles. The summed E-state index contributed by atoms with van der Waals surface area (Å²) in [5.41, 5.74) is 2.57. The molecule has 20 heavy (non-hydrogen) atoms. The number of aromatic nitrogens is 1. The van der Waals surface area contributed by atoms with E-state index in [0.717, 1.165) is 47.0 Å². The van der Waals surface area contributed by atoms with Crippen molar-refractivity contribution in [3.63, 3.8) is 0 Å². The van der Waals surface area contributed by atoms with Crippen LogP contribution in [0.25, 0.3) is 10.9 Å². The number of aryl methyl sites for hydroxylation is 1. The van der Waals surface area contributed by atoms with Crippen LogP contribution in [-0.2, 0) is 0 Å². The zero-order valence-electron chi connectivity index (χ0n) is 11.5. The molecular formula is C16H17BrN2O. The number of rotatable bonds is 2. The van der Waals surface area contributed by atoms with Gasteiger partial charge in [0, 0.05) is 29.5 Å². The maximum absolute atomic E-state index is 12.8. The molecule has 2 aromatic rings. The normalized spacial score (nSPS) is 18.7. The Kier molecular flexibility index (Phi) is 3.74. The Morgan fingerprint density at radius 3 is 3.00 bits per heavy atom. The van der Waals surface area contributed by atoms with E-state index in [4.69, 9.17) is 0 Å². The molecule has 1 amide bonds. The highest BCUT2D eigenvalue weighted by Crippen LogP contribution is 2.24. The molecule has 1 aromatic carbocycles. The van der Waals surface area contributed by atoms with Crippen LogP contribution in [0, 0.1) is 12.8 Å². The second-order valence-electron chi connectivity index (χ2n) is 5.39. The second-order valence-corrected chi connectivity index (χ2v) is 6.04. The van der Waals surface area contributed by atoms with Crippen molar-refractivity contribution in [2.45, 2.75) is 13.3 Å².